The maximum atomic E-state index is 13.3. The van der Waals surface area contributed by atoms with E-state index in [4.69, 9.17) is 27.6 Å². The molecular formula is C30H31Cl2N5O7. The van der Waals surface area contributed by atoms with Crippen molar-refractivity contribution in [3.05, 3.63) is 68.9 Å². The topological polar surface area (TPSA) is 179 Å². The highest BCUT2D eigenvalue weighted by Crippen LogP contribution is 2.35. The summed E-state index contributed by atoms with van der Waals surface area (Å²) in [7, 11) is 1.50. The molecule has 1 fully saturated rings. The number of furan rings is 1. The number of fused-ring (bicyclic) bond motifs is 2. The van der Waals surface area contributed by atoms with E-state index in [2.05, 4.69) is 10.6 Å². The summed E-state index contributed by atoms with van der Waals surface area (Å²) in [5, 5.41) is 45.6. The van der Waals surface area contributed by atoms with Crippen LogP contribution in [-0.2, 0) is 17.8 Å². The molecule has 1 saturated carbocycles. The Hall–Kier alpha value is -3.86. The molecule has 4 atom stereocenters. The van der Waals surface area contributed by atoms with Gasteiger partial charge >= 0.3 is 5.97 Å². The fourth-order valence-corrected chi connectivity index (χ4v) is 6.71. The Labute approximate surface area is 262 Å². The van der Waals surface area contributed by atoms with Gasteiger partial charge in [0.1, 0.15) is 11.6 Å². The number of halogens is 2. The Bertz CT molecular complexity index is 1630. The fourth-order valence-electron chi connectivity index (χ4n) is 5.94. The van der Waals surface area contributed by atoms with Gasteiger partial charge in [0.2, 0.25) is 0 Å². The van der Waals surface area contributed by atoms with Crippen LogP contribution < -0.4 is 10.6 Å². The van der Waals surface area contributed by atoms with Gasteiger partial charge in [-0.25, -0.2) is 4.79 Å². The molecule has 2 aliphatic rings. The van der Waals surface area contributed by atoms with E-state index in [0.29, 0.717) is 35.2 Å². The second kappa shape index (κ2) is 13.0. The number of carbonyl (C=O) groups is 3. The van der Waals surface area contributed by atoms with E-state index >= 15 is 0 Å². The standard InChI is InChI=1S/C30H31Cl2N5O7/c1-36(14-33)27(17-9-22(38)23(39)10-17)34-12-21(30(42)43)35-28(40)25-20(31)8-18-13-37(6-4-19(18)26(25)32)29(41)16-3-2-15-5-7-44-24(15)11-16/h2-3,5,7-8,11,17,21-23,27,34,38-39H,4,6,9-10,12-13H2,1H3,(H,35,40)(H,42,43)/t21-,22+,23+,27?/m0/s1. The average molecular weight is 645 g/mol. The minimum absolute atomic E-state index is 0.00525. The van der Waals surface area contributed by atoms with E-state index in [0.717, 1.165) is 5.39 Å². The highest BCUT2D eigenvalue weighted by Gasteiger charge is 2.38. The van der Waals surface area contributed by atoms with Gasteiger partial charge in [0, 0.05) is 37.6 Å². The summed E-state index contributed by atoms with van der Waals surface area (Å²) >= 11 is 13.2. The lowest BCUT2D eigenvalue weighted by atomic mass is 9.95. The minimum Gasteiger partial charge on any atom is -0.480 e. The third-order valence-electron chi connectivity index (χ3n) is 8.31. The fraction of sp³-hybridized carbons (Fsp3) is 0.400. The number of nitriles is 1. The van der Waals surface area contributed by atoms with Gasteiger partial charge in [-0.05, 0) is 60.6 Å². The van der Waals surface area contributed by atoms with Gasteiger partial charge in [-0.15, -0.1) is 0 Å². The first-order valence-corrected chi connectivity index (χ1v) is 14.8. The molecule has 232 valence electrons. The second-order valence-corrected chi connectivity index (χ2v) is 11.9. The summed E-state index contributed by atoms with van der Waals surface area (Å²) in [4.78, 5) is 41.6. The third kappa shape index (κ3) is 6.33. The van der Waals surface area contributed by atoms with Gasteiger partial charge in [-0.1, -0.05) is 29.3 Å². The molecule has 1 aliphatic heterocycles. The van der Waals surface area contributed by atoms with Crippen molar-refractivity contribution in [2.75, 3.05) is 20.1 Å². The molecule has 1 unspecified atom stereocenters. The molecule has 1 aromatic heterocycles. The number of aliphatic hydroxyl groups excluding tert-OH is 2. The van der Waals surface area contributed by atoms with Gasteiger partial charge in [0.05, 0.1) is 40.2 Å². The van der Waals surface area contributed by atoms with Crippen LogP contribution in [0.15, 0.2) is 41.0 Å². The number of carboxylic acid groups (broad SMARTS) is 1. The predicted molar refractivity (Wildman–Crippen MR) is 160 cm³/mol. The Morgan fingerprint density at radius 1 is 1.18 bits per heavy atom. The van der Waals surface area contributed by atoms with Crippen molar-refractivity contribution in [3.8, 4) is 6.19 Å². The summed E-state index contributed by atoms with van der Waals surface area (Å²) in [6, 6.07) is 7.19. The number of carbonyl (C=O) groups excluding carboxylic acids is 2. The number of rotatable bonds is 9. The van der Waals surface area contributed by atoms with Crippen molar-refractivity contribution in [2.45, 2.75) is 50.2 Å². The number of carboxylic acids is 1. The van der Waals surface area contributed by atoms with Crippen molar-refractivity contribution < 1.29 is 34.1 Å². The van der Waals surface area contributed by atoms with Gasteiger partial charge in [-0.2, -0.15) is 5.26 Å². The Balaban J connectivity index is 1.29. The van der Waals surface area contributed by atoms with Gasteiger partial charge in [0.25, 0.3) is 11.8 Å². The van der Waals surface area contributed by atoms with Crippen molar-refractivity contribution in [1.29, 1.82) is 5.26 Å². The number of nitrogens with one attached hydrogen (secondary N) is 2. The normalized spacial score (nSPS) is 19.7. The molecule has 2 aromatic carbocycles. The SMILES string of the molecule is CN(C#N)C(NC[C@H](NC(=O)c1c(Cl)cc2c(c1Cl)CCN(C(=O)c1ccc3ccoc3c1)C2)C(=O)O)C1C[C@@H](O)[C@H](O)C1. The number of hydrogen-bond donors (Lipinski definition) is 5. The molecular weight excluding hydrogens is 613 g/mol. The van der Waals surface area contributed by atoms with Crippen LogP contribution in [0.4, 0.5) is 0 Å². The molecule has 44 heavy (non-hydrogen) atoms. The van der Waals surface area contributed by atoms with Gasteiger partial charge < -0.3 is 30.0 Å². The Morgan fingerprint density at radius 2 is 1.91 bits per heavy atom. The molecule has 5 rings (SSSR count). The van der Waals surface area contributed by atoms with Crippen molar-refractivity contribution in [2.24, 2.45) is 5.92 Å². The van der Waals surface area contributed by atoms with E-state index in [1.54, 1.807) is 29.4 Å². The summed E-state index contributed by atoms with van der Waals surface area (Å²) in [6.07, 6.45) is 1.74. The highest BCUT2D eigenvalue weighted by atomic mass is 35.5. The van der Waals surface area contributed by atoms with Crippen LogP contribution in [0.5, 0.6) is 0 Å². The predicted octanol–water partition coefficient (Wildman–Crippen LogP) is 2.58. The molecule has 0 saturated heterocycles. The molecule has 5 N–H and O–H groups in total. The monoisotopic (exact) mass is 643 g/mol. The summed E-state index contributed by atoms with van der Waals surface area (Å²) in [5.74, 6) is -2.65. The molecule has 0 spiro atoms. The van der Waals surface area contributed by atoms with Crippen molar-refractivity contribution >= 4 is 52.0 Å². The van der Waals surface area contributed by atoms with Crippen LogP contribution in [0.1, 0.15) is 44.7 Å². The number of hydrogen-bond acceptors (Lipinski definition) is 9. The maximum absolute atomic E-state index is 13.3. The molecule has 2 heterocycles. The van der Waals surface area contributed by atoms with E-state index < -0.39 is 36.3 Å². The van der Waals surface area contributed by atoms with E-state index in [1.807, 2.05) is 18.3 Å². The number of nitrogens with zero attached hydrogens (tertiary/aromatic N) is 3. The molecule has 0 bridgehead atoms. The zero-order valence-electron chi connectivity index (χ0n) is 23.7. The Kier molecular flexibility index (Phi) is 9.34. The first kappa shape index (κ1) is 31.6. The lowest BCUT2D eigenvalue weighted by Gasteiger charge is -2.31. The number of aliphatic carboxylic acids is 1. The number of amides is 2. The quantitative estimate of drug-likeness (QED) is 0.132. The molecule has 0 radical (unpaired) electrons. The first-order valence-electron chi connectivity index (χ1n) is 14.0. The molecule has 2 amide bonds. The zero-order chi connectivity index (χ0) is 31.7. The average Bonchev–Trinajstić information content (AvgIpc) is 3.60. The lowest BCUT2D eigenvalue weighted by molar-refractivity contribution is -0.139. The zero-order valence-corrected chi connectivity index (χ0v) is 25.2. The summed E-state index contributed by atoms with van der Waals surface area (Å²) in [6.45, 7) is 0.289. The van der Waals surface area contributed by atoms with Gasteiger partial charge in [0.15, 0.2) is 6.19 Å². The number of benzene rings is 2. The largest absolute Gasteiger partial charge is 0.480 e. The number of aliphatic hydroxyl groups is 2. The van der Waals surface area contributed by atoms with Crippen LogP contribution in [-0.4, -0.2) is 87.5 Å². The maximum Gasteiger partial charge on any atom is 0.327 e. The van der Waals surface area contributed by atoms with Crippen molar-refractivity contribution in [1.82, 2.24) is 20.4 Å². The van der Waals surface area contributed by atoms with Gasteiger partial charge in [-0.3, -0.25) is 19.8 Å². The second-order valence-electron chi connectivity index (χ2n) is 11.1. The third-order valence-corrected chi connectivity index (χ3v) is 9.03. The van der Waals surface area contributed by atoms with Crippen molar-refractivity contribution in [3.63, 3.8) is 0 Å². The van der Waals surface area contributed by atoms with Crippen LogP contribution in [0.25, 0.3) is 11.0 Å². The molecule has 1 aliphatic carbocycles. The smallest absolute Gasteiger partial charge is 0.327 e. The lowest BCUT2D eigenvalue weighted by Crippen LogP contribution is -2.54. The first-order chi connectivity index (χ1) is 21.0. The highest BCUT2D eigenvalue weighted by molar-refractivity contribution is 6.40. The summed E-state index contributed by atoms with van der Waals surface area (Å²) < 4.78 is 5.42. The molecule has 12 nitrogen and oxygen atoms in total. The molecule has 3 aromatic rings. The van der Waals surface area contributed by atoms with Crippen LogP contribution in [0, 0.1) is 17.4 Å². The van der Waals surface area contributed by atoms with Crippen LogP contribution in [0.3, 0.4) is 0 Å². The van der Waals surface area contributed by atoms with E-state index in [-0.39, 0.29) is 53.4 Å². The molecule has 14 heteroatoms. The summed E-state index contributed by atoms with van der Waals surface area (Å²) in [5.41, 5.74) is 2.32. The van der Waals surface area contributed by atoms with E-state index in [9.17, 15) is 35.0 Å². The Morgan fingerprint density at radius 3 is 2.59 bits per heavy atom. The minimum atomic E-state index is -1.42. The van der Waals surface area contributed by atoms with E-state index in [1.165, 1.54) is 11.9 Å². The van der Waals surface area contributed by atoms with Crippen LogP contribution in [0.2, 0.25) is 10.0 Å². The van der Waals surface area contributed by atoms with Crippen LogP contribution >= 0.6 is 23.2 Å².